The Morgan fingerprint density at radius 3 is 2.36 bits per heavy atom. The number of H-pyrrole nitrogens is 1. The number of aromatic amines is 1. The molecule has 0 fully saturated rings. The predicted octanol–water partition coefficient (Wildman–Crippen LogP) is 4.53. The van der Waals surface area contributed by atoms with Gasteiger partial charge in [-0.25, -0.2) is 4.98 Å². The summed E-state index contributed by atoms with van der Waals surface area (Å²) >= 11 is 0. The van der Waals surface area contributed by atoms with Crippen molar-refractivity contribution in [1.82, 2.24) is 9.97 Å². The standard InChI is InChI=1S/C19H20N2O/c1-2-18(22-17-11-7-4-8-12-17)19-20-14-16(21-19)13-15-9-5-3-6-10-15/h3-12,14,18H,2,13H2,1H3,(H,20,21). The summed E-state index contributed by atoms with van der Waals surface area (Å²) in [7, 11) is 0. The minimum absolute atomic E-state index is 0.0491. The van der Waals surface area contributed by atoms with Crippen LogP contribution in [0.2, 0.25) is 0 Å². The summed E-state index contributed by atoms with van der Waals surface area (Å²) < 4.78 is 6.02. The lowest BCUT2D eigenvalue weighted by molar-refractivity contribution is 0.192. The second kappa shape index (κ2) is 6.94. The van der Waals surface area contributed by atoms with E-state index >= 15 is 0 Å². The zero-order valence-corrected chi connectivity index (χ0v) is 12.7. The fraction of sp³-hybridized carbons (Fsp3) is 0.211. The summed E-state index contributed by atoms with van der Waals surface area (Å²) in [4.78, 5) is 7.90. The molecule has 112 valence electrons. The number of nitrogens with zero attached hydrogens (tertiary/aromatic N) is 1. The van der Waals surface area contributed by atoms with Crippen molar-refractivity contribution in [3.05, 3.63) is 83.9 Å². The highest BCUT2D eigenvalue weighted by Gasteiger charge is 2.15. The number of aromatic nitrogens is 2. The van der Waals surface area contributed by atoms with E-state index in [4.69, 9.17) is 4.74 Å². The highest BCUT2D eigenvalue weighted by Crippen LogP contribution is 2.22. The second-order valence-electron chi connectivity index (χ2n) is 5.28. The van der Waals surface area contributed by atoms with E-state index in [9.17, 15) is 0 Å². The summed E-state index contributed by atoms with van der Waals surface area (Å²) in [6, 6.07) is 20.3. The molecule has 1 heterocycles. The maximum absolute atomic E-state index is 6.02. The lowest BCUT2D eigenvalue weighted by Gasteiger charge is -2.15. The van der Waals surface area contributed by atoms with E-state index in [1.807, 2.05) is 42.6 Å². The molecule has 0 radical (unpaired) electrons. The van der Waals surface area contributed by atoms with Gasteiger partial charge in [0.2, 0.25) is 0 Å². The molecule has 3 rings (SSSR count). The molecular weight excluding hydrogens is 272 g/mol. The maximum Gasteiger partial charge on any atom is 0.156 e. The van der Waals surface area contributed by atoms with Crippen LogP contribution in [0.3, 0.4) is 0 Å². The van der Waals surface area contributed by atoms with Crippen LogP contribution in [0.5, 0.6) is 5.75 Å². The Kier molecular flexibility index (Phi) is 4.54. The van der Waals surface area contributed by atoms with Gasteiger partial charge < -0.3 is 9.72 Å². The van der Waals surface area contributed by atoms with E-state index in [-0.39, 0.29) is 6.10 Å². The van der Waals surface area contributed by atoms with E-state index in [1.54, 1.807) is 0 Å². The molecule has 0 amide bonds. The number of hydrogen-bond donors (Lipinski definition) is 1. The largest absolute Gasteiger partial charge is 0.483 e. The van der Waals surface area contributed by atoms with Crippen LogP contribution >= 0.6 is 0 Å². The summed E-state index contributed by atoms with van der Waals surface area (Å²) in [6.07, 6.45) is 3.58. The summed E-state index contributed by atoms with van der Waals surface area (Å²) in [5, 5.41) is 0. The van der Waals surface area contributed by atoms with Crippen molar-refractivity contribution in [2.45, 2.75) is 25.9 Å². The molecule has 1 unspecified atom stereocenters. The Hall–Kier alpha value is -2.55. The molecule has 3 nitrogen and oxygen atoms in total. The number of rotatable bonds is 6. The third-order valence-corrected chi connectivity index (χ3v) is 3.58. The van der Waals surface area contributed by atoms with Crippen LogP contribution in [0.1, 0.15) is 36.5 Å². The summed E-state index contributed by atoms with van der Waals surface area (Å²) in [5.74, 6) is 1.76. The van der Waals surface area contributed by atoms with E-state index in [0.717, 1.165) is 30.1 Å². The van der Waals surface area contributed by atoms with Crippen molar-refractivity contribution in [2.24, 2.45) is 0 Å². The third kappa shape index (κ3) is 3.55. The normalized spacial score (nSPS) is 12.0. The molecule has 3 heteroatoms. The van der Waals surface area contributed by atoms with Gasteiger partial charge in [-0.1, -0.05) is 55.5 Å². The molecule has 0 saturated heterocycles. The van der Waals surface area contributed by atoms with Gasteiger partial charge >= 0.3 is 0 Å². The zero-order valence-electron chi connectivity index (χ0n) is 12.7. The van der Waals surface area contributed by atoms with Gasteiger partial charge in [0.25, 0.3) is 0 Å². The smallest absolute Gasteiger partial charge is 0.156 e. The molecule has 0 saturated carbocycles. The fourth-order valence-corrected chi connectivity index (χ4v) is 2.44. The average molecular weight is 292 g/mol. The third-order valence-electron chi connectivity index (χ3n) is 3.58. The molecule has 2 aromatic carbocycles. The molecule has 1 N–H and O–H groups in total. The fourth-order valence-electron chi connectivity index (χ4n) is 2.44. The van der Waals surface area contributed by atoms with Crippen LogP contribution in [0.4, 0.5) is 0 Å². The van der Waals surface area contributed by atoms with Gasteiger partial charge in [0.1, 0.15) is 11.6 Å². The molecule has 3 aromatic rings. The minimum atomic E-state index is -0.0491. The Morgan fingerprint density at radius 1 is 1.00 bits per heavy atom. The van der Waals surface area contributed by atoms with Crippen LogP contribution in [0, 0.1) is 0 Å². The van der Waals surface area contributed by atoms with Crippen LogP contribution in [0.25, 0.3) is 0 Å². The maximum atomic E-state index is 6.02. The van der Waals surface area contributed by atoms with Gasteiger partial charge in [-0.05, 0) is 24.1 Å². The minimum Gasteiger partial charge on any atom is -0.483 e. The van der Waals surface area contributed by atoms with Gasteiger partial charge in [-0.3, -0.25) is 0 Å². The monoisotopic (exact) mass is 292 g/mol. The first-order chi connectivity index (χ1) is 10.8. The first-order valence-corrected chi connectivity index (χ1v) is 7.64. The van der Waals surface area contributed by atoms with Gasteiger partial charge in [-0.15, -0.1) is 0 Å². The van der Waals surface area contributed by atoms with Gasteiger partial charge in [0, 0.05) is 18.3 Å². The first kappa shape index (κ1) is 14.4. The highest BCUT2D eigenvalue weighted by atomic mass is 16.5. The van der Waals surface area contributed by atoms with E-state index in [0.29, 0.717) is 0 Å². The van der Waals surface area contributed by atoms with Crippen molar-refractivity contribution < 1.29 is 4.74 Å². The van der Waals surface area contributed by atoms with E-state index in [2.05, 4.69) is 41.2 Å². The first-order valence-electron chi connectivity index (χ1n) is 7.64. The highest BCUT2D eigenvalue weighted by molar-refractivity contribution is 5.23. The van der Waals surface area contributed by atoms with Gasteiger partial charge in [0.15, 0.2) is 6.10 Å². The van der Waals surface area contributed by atoms with Gasteiger partial charge in [-0.2, -0.15) is 0 Å². The number of imidazole rings is 1. The van der Waals surface area contributed by atoms with Crippen molar-refractivity contribution in [2.75, 3.05) is 0 Å². The van der Waals surface area contributed by atoms with Crippen LogP contribution in [-0.4, -0.2) is 9.97 Å². The lowest BCUT2D eigenvalue weighted by atomic mass is 10.1. The second-order valence-corrected chi connectivity index (χ2v) is 5.28. The SMILES string of the molecule is CCC(Oc1ccccc1)c1ncc(Cc2ccccc2)[nH]1. The Bertz CT molecular complexity index is 692. The Morgan fingerprint density at radius 2 is 1.68 bits per heavy atom. The molecule has 0 spiro atoms. The number of para-hydroxylation sites is 1. The molecular formula is C19H20N2O. The predicted molar refractivity (Wildman–Crippen MR) is 87.9 cm³/mol. The number of benzene rings is 2. The van der Waals surface area contributed by atoms with Crippen molar-refractivity contribution in [3.8, 4) is 5.75 Å². The average Bonchev–Trinajstić information content (AvgIpc) is 3.03. The van der Waals surface area contributed by atoms with Crippen LogP contribution in [0.15, 0.2) is 66.9 Å². The topological polar surface area (TPSA) is 37.9 Å². The summed E-state index contributed by atoms with van der Waals surface area (Å²) in [6.45, 7) is 2.10. The van der Waals surface area contributed by atoms with Crippen LogP contribution in [-0.2, 0) is 6.42 Å². The molecule has 0 aliphatic carbocycles. The van der Waals surface area contributed by atoms with Crippen molar-refractivity contribution in [3.63, 3.8) is 0 Å². The number of ether oxygens (including phenoxy) is 1. The van der Waals surface area contributed by atoms with Gasteiger partial charge in [0.05, 0.1) is 0 Å². The molecule has 0 aliphatic heterocycles. The number of hydrogen-bond acceptors (Lipinski definition) is 2. The van der Waals surface area contributed by atoms with Crippen molar-refractivity contribution >= 4 is 0 Å². The molecule has 22 heavy (non-hydrogen) atoms. The quantitative estimate of drug-likeness (QED) is 0.724. The lowest BCUT2D eigenvalue weighted by Crippen LogP contribution is -2.08. The van der Waals surface area contributed by atoms with E-state index in [1.165, 1.54) is 5.56 Å². The molecule has 1 aromatic heterocycles. The van der Waals surface area contributed by atoms with Crippen LogP contribution < -0.4 is 4.74 Å². The number of nitrogens with one attached hydrogen (secondary N) is 1. The summed E-state index contributed by atoms with van der Waals surface area (Å²) in [5.41, 5.74) is 2.38. The van der Waals surface area contributed by atoms with Crippen molar-refractivity contribution in [1.29, 1.82) is 0 Å². The Labute approximate surface area is 131 Å². The zero-order chi connectivity index (χ0) is 15.2. The van der Waals surface area contributed by atoms with E-state index < -0.39 is 0 Å². The molecule has 0 bridgehead atoms. The molecule has 0 aliphatic rings. The Balaban J connectivity index is 1.71. The molecule has 1 atom stereocenters.